The average molecular weight is 272 g/mol. The van der Waals surface area contributed by atoms with Crippen LogP contribution in [0.25, 0.3) is 0 Å². The third kappa shape index (κ3) is 2.88. The summed E-state index contributed by atoms with van der Waals surface area (Å²) < 4.78 is 13.0. The lowest BCUT2D eigenvalue weighted by molar-refractivity contribution is 0.563. The van der Waals surface area contributed by atoms with Gasteiger partial charge in [-0.05, 0) is 35.6 Å². The number of hydrogen-bond donors (Lipinski definition) is 1. The van der Waals surface area contributed by atoms with Gasteiger partial charge < -0.3 is 5.73 Å². The van der Waals surface area contributed by atoms with Crippen LogP contribution < -0.4 is 5.73 Å². The van der Waals surface area contributed by atoms with Crippen molar-refractivity contribution in [3.63, 3.8) is 0 Å². The van der Waals surface area contributed by atoms with Crippen molar-refractivity contribution in [1.29, 1.82) is 0 Å². The van der Waals surface area contributed by atoms with E-state index in [1.54, 1.807) is 6.07 Å². The predicted octanol–water partition coefficient (Wildman–Crippen LogP) is 3.74. The predicted molar refractivity (Wildman–Crippen MR) is 80.0 cm³/mol. The summed E-state index contributed by atoms with van der Waals surface area (Å²) in [6.07, 6.45) is 1.20. The molecule has 1 unspecified atom stereocenters. The van der Waals surface area contributed by atoms with Crippen molar-refractivity contribution in [3.8, 4) is 0 Å². The van der Waals surface area contributed by atoms with E-state index in [2.05, 4.69) is 37.9 Å². The Labute approximate surface area is 119 Å². The molecule has 0 aliphatic heterocycles. The van der Waals surface area contributed by atoms with Gasteiger partial charge in [-0.3, -0.25) is 4.98 Å². The summed E-state index contributed by atoms with van der Waals surface area (Å²) in [5.74, 6) is -0.354. The third-order valence-electron chi connectivity index (χ3n) is 3.61. The van der Waals surface area contributed by atoms with Crippen LogP contribution in [0, 0.1) is 5.82 Å². The van der Waals surface area contributed by atoms with Gasteiger partial charge in [-0.1, -0.05) is 45.0 Å². The lowest BCUT2D eigenvalue weighted by atomic mass is 9.83. The van der Waals surface area contributed by atoms with Gasteiger partial charge in [0, 0.05) is 0 Å². The molecule has 2 nitrogen and oxygen atoms in total. The van der Waals surface area contributed by atoms with Gasteiger partial charge in [-0.2, -0.15) is 0 Å². The Morgan fingerprint density at radius 2 is 1.45 bits per heavy atom. The summed E-state index contributed by atoms with van der Waals surface area (Å²) in [7, 11) is 0. The molecule has 2 aromatic rings. The van der Waals surface area contributed by atoms with Crippen LogP contribution in [0.3, 0.4) is 0 Å². The lowest BCUT2D eigenvalue weighted by Crippen LogP contribution is -2.35. The quantitative estimate of drug-likeness (QED) is 0.904. The van der Waals surface area contributed by atoms with Crippen molar-refractivity contribution in [2.75, 3.05) is 0 Å². The zero-order chi connectivity index (χ0) is 15.0. The van der Waals surface area contributed by atoms with E-state index < -0.39 is 5.54 Å². The fourth-order valence-corrected chi connectivity index (χ4v) is 2.15. The summed E-state index contributed by atoms with van der Waals surface area (Å²) in [6, 6.07) is 11.2. The monoisotopic (exact) mass is 272 g/mol. The normalized spacial score (nSPS) is 14.9. The molecule has 0 saturated carbocycles. The average Bonchev–Trinajstić information content (AvgIpc) is 2.38. The van der Waals surface area contributed by atoms with E-state index >= 15 is 0 Å². The standard InChI is InChI=1S/C17H21FN2/c1-16(2,3)12-5-7-13(8-6-12)17(4,19)15-10-9-14(18)11-20-15/h5-11H,19H2,1-4H3. The van der Waals surface area contributed by atoms with Crippen LogP contribution in [-0.2, 0) is 11.0 Å². The van der Waals surface area contributed by atoms with Gasteiger partial charge in [0.05, 0.1) is 17.4 Å². The van der Waals surface area contributed by atoms with E-state index in [1.165, 1.54) is 17.8 Å². The molecule has 3 heteroatoms. The van der Waals surface area contributed by atoms with Crippen LogP contribution in [-0.4, -0.2) is 4.98 Å². The maximum atomic E-state index is 13.0. The number of nitrogens with two attached hydrogens (primary N) is 1. The van der Waals surface area contributed by atoms with Gasteiger partial charge in [0.25, 0.3) is 0 Å². The highest BCUT2D eigenvalue weighted by molar-refractivity contribution is 5.36. The molecule has 0 spiro atoms. The van der Waals surface area contributed by atoms with Gasteiger partial charge >= 0.3 is 0 Å². The van der Waals surface area contributed by atoms with Crippen molar-refractivity contribution in [2.24, 2.45) is 5.73 Å². The molecule has 0 amide bonds. The molecule has 0 radical (unpaired) electrons. The van der Waals surface area contributed by atoms with Gasteiger partial charge in [0.15, 0.2) is 0 Å². The van der Waals surface area contributed by atoms with Crippen LogP contribution >= 0.6 is 0 Å². The minimum atomic E-state index is -0.732. The van der Waals surface area contributed by atoms with Crippen molar-refractivity contribution in [3.05, 3.63) is 65.2 Å². The minimum Gasteiger partial charge on any atom is -0.317 e. The van der Waals surface area contributed by atoms with Crippen LogP contribution in [0.1, 0.15) is 44.5 Å². The SMILES string of the molecule is CC(C)(C)c1ccc(C(C)(N)c2ccc(F)cn2)cc1. The molecule has 0 fully saturated rings. The van der Waals surface area contributed by atoms with E-state index in [0.717, 1.165) is 5.56 Å². The Hall–Kier alpha value is -1.74. The molecular formula is C17H21FN2. The number of pyridine rings is 1. The zero-order valence-electron chi connectivity index (χ0n) is 12.4. The number of hydrogen-bond acceptors (Lipinski definition) is 2. The molecule has 0 saturated heterocycles. The highest BCUT2D eigenvalue weighted by atomic mass is 19.1. The third-order valence-corrected chi connectivity index (χ3v) is 3.61. The molecule has 2 N–H and O–H groups in total. The van der Waals surface area contributed by atoms with Gasteiger partial charge in [0.1, 0.15) is 5.82 Å². The second kappa shape index (κ2) is 4.98. The summed E-state index contributed by atoms with van der Waals surface area (Å²) in [5, 5.41) is 0. The molecule has 1 aromatic carbocycles. The summed E-state index contributed by atoms with van der Waals surface area (Å²) >= 11 is 0. The van der Waals surface area contributed by atoms with Crippen molar-refractivity contribution < 1.29 is 4.39 Å². The molecule has 106 valence electrons. The highest BCUT2D eigenvalue weighted by Crippen LogP contribution is 2.28. The number of rotatable bonds is 2. The van der Waals surface area contributed by atoms with Crippen molar-refractivity contribution >= 4 is 0 Å². The van der Waals surface area contributed by atoms with Crippen LogP contribution in [0.5, 0.6) is 0 Å². The van der Waals surface area contributed by atoms with Crippen LogP contribution in [0.2, 0.25) is 0 Å². The maximum absolute atomic E-state index is 13.0. The Balaban J connectivity index is 2.37. The first-order valence-corrected chi connectivity index (χ1v) is 6.73. The van der Waals surface area contributed by atoms with E-state index in [0.29, 0.717) is 5.69 Å². The van der Waals surface area contributed by atoms with E-state index in [1.807, 2.05) is 19.1 Å². The lowest BCUT2D eigenvalue weighted by Gasteiger charge is -2.26. The van der Waals surface area contributed by atoms with E-state index in [-0.39, 0.29) is 11.2 Å². The number of halogens is 1. The first-order chi connectivity index (χ1) is 9.21. The maximum Gasteiger partial charge on any atom is 0.141 e. The first-order valence-electron chi connectivity index (χ1n) is 6.73. The Bertz CT molecular complexity index is 578. The number of benzene rings is 1. The smallest absolute Gasteiger partial charge is 0.141 e. The second-order valence-electron chi connectivity index (χ2n) is 6.39. The van der Waals surface area contributed by atoms with Gasteiger partial charge in [0.2, 0.25) is 0 Å². The van der Waals surface area contributed by atoms with E-state index in [4.69, 9.17) is 5.73 Å². The fourth-order valence-electron chi connectivity index (χ4n) is 2.15. The molecule has 2 rings (SSSR count). The molecule has 1 aromatic heterocycles. The molecule has 20 heavy (non-hydrogen) atoms. The summed E-state index contributed by atoms with van der Waals surface area (Å²) in [4.78, 5) is 4.10. The summed E-state index contributed by atoms with van der Waals surface area (Å²) in [6.45, 7) is 8.40. The molecule has 0 aliphatic carbocycles. The highest BCUT2D eigenvalue weighted by Gasteiger charge is 2.25. The Kier molecular flexibility index (Phi) is 3.65. The van der Waals surface area contributed by atoms with Gasteiger partial charge in [-0.25, -0.2) is 4.39 Å². The Morgan fingerprint density at radius 1 is 0.900 bits per heavy atom. The molecule has 1 heterocycles. The van der Waals surface area contributed by atoms with Crippen molar-refractivity contribution in [1.82, 2.24) is 4.98 Å². The largest absolute Gasteiger partial charge is 0.317 e. The Morgan fingerprint density at radius 3 is 1.90 bits per heavy atom. The van der Waals surface area contributed by atoms with Gasteiger partial charge in [-0.15, -0.1) is 0 Å². The van der Waals surface area contributed by atoms with Crippen LogP contribution in [0.4, 0.5) is 4.39 Å². The number of nitrogens with zero attached hydrogens (tertiary/aromatic N) is 1. The number of aromatic nitrogens is 1. The molecule has 1 atom stereocenters. The van der Waals surface area contributed by atoms with Crippen molar-refractivity contribution in [2.45, 2.75) is 38.6 Å². The van der Waals surface area contributed by atoms with Crippen LogP contribution in [0.15, 0.2) is 42.6 Å². The molecule has 0 aliphatic rings. The molecular weight excluding hydrogens is 251 g/mol. The first kappa shape index (κ1) is 14.7. The van der Waals surface area contributed by atoms with E-state index in [9.17, 15) is 4.39 Å². The second-order valence-corrected chi connectivity index (χ2v) is 6.39. The zero-order valence-corrected chi connectivity index (χ0v) is 12.4. The fraction of sp³-hybridized carbons (Fsp3) is 0.353. The topological polar surface area (TPSA) is 38.9 Å². The minimum absolute atomic E-state index is 0.109. The summed E-state index contributed by atoms with van der Waals surface area (Å²) in [5.41, 5.74) is 8.63. The molecule has 0 bridgehead atoms.